The van der Waals surface area contributed by atoms with E-state index in [9.17, 15) is 4.39 Å². The van der Waals surface area contributed by atoms with Crippen LogP contribution in [0.2, 0.25) is 33.0 Å². The first-order valence-electron chi connectivity index (χ1n) is 10.7. The Kier molecular flexibility index (Phi) is 11.0. The molecule has 1 aromatic carbocycles. The molecule has 1 unspecified atom stereocenters. The summed E-state index contributed by atoms with van der Waals surface area (Å²) in [6.45, 7) is 13.8. The standard InChI is InChI=1S/C10H14FOSi.3C4H9.Sn/c1-13(2,3)12-8-9-4-6-10(11)7-5-9;3*1-3-4-2;/h4-8H,1-3H3;3*1,3-4H2,2H3;. The van der Waals surface area contributed by atoms with Gasteiger partial charge in [0.2, 0.25) is 0 Å². The van der Waals surface area contributed by atoms with Crippen molar-refractivity contribution in [3.8, 4) is 0 Å². The predicted molar refractivity (Wildman–Crippen MR) is 118 cm³/mol. The Hall–Kier alpha value is 0.126. The number of benzene rings is 1. The molecule has 0 N–H and O–H groups in total. The van der Waals surface area contributed by atoms with Gasteiger partial charge in [-0.25, -0.2) is 0 Å². The molecular formula is C22H41FOSiSn. The van der Waals surface area contributed by atoms with Crippen molar-refractivity contribution >= 4 is 26.7 Å². The summed E-state index contributed by atoms with van der Waals surface area (Å²) in [6, 6.07) is 7.28. The van der Waals surface area contributed by atoms with Crippen molar-refractivity contribution in [1.82, 2.24) is 0 Å². The van der Waals surface area contributed by atoms with Crippen molar-refractivity contribution in [3.05, 3.63) is 35.6 Å². The van der Waals surface area contributed by atoms with Gasteiger partial charge in [0.05, 0.1) is 0 Å². The van der Waals surface area contributed by atoms with E-state index in [1.54, 1.807) is 12.1 Å². The molecule has 0 amide bonds. The van der Waals surface area contributed by atoms with Gasteiger partial charge >= 0.3 is 168 Å². The topological polar surface area (TPSA) is 9.23 Å². The molecule has 0 aliphatic carbocycles. The van der Waals surface area contributed by atoms with Crippen LogP contribution in [-0.4, -0.2) is 26.7 Å². The Labute approximate surface area is 167 Å². The Morgan fingerprint density at radius 2 is 1.27 bits per heavy atom. The molecule has 1 nitrogen and oxygen atoms in total. The van der Waals surface area contributed by atoms with E-state index in [1.165, 1.54) is 57.4 Å². The average molecular weight is 487 g/mol. The van der Waals surface area contributed by atoms with Crippen LogP contribution in [0.25, 0.3) is 0 Å². The fraction of sp³-hybridized carbons (Fsp3) is 0.727. The molecule has 0 radical (unpaired) electrons. The third kappa shape index (κ3) is 8.01. The second-order valence-electron chi connectivity index (χ2n) is 8.83. The number of hydrogen-bond donors (Lipinski definition) is 0. The molecule has 0 aliphatic rings. The summed E-state index contributed by atoms with van der Waals surface area (Å²) in [5.41, 5.74) is 1.26. The van der Waals surface area contributed by atoms with Gasteiger partial charge in [0.15, 0.2) is 0 Å². The van der Waals surface area contributed by atoms with Crippen LogP contribution in [0.3, 0.4) is 0 Å². The predicted octanol–water partition coefficient (Wildman–Crippen LogP) is 8.11. The van der Waals surface area contributed by atoms with Crippen molar-refractivity contribution in [2.24, 2.45) is 0 Å². The molecule has 150 valence electrons. The van der Waals surface area contributed by atoms with E-state index in [-0.39, 0.29) is 5.82 Å². The third-order valence-corrected chi connectivity index (χ3v) is 22.9. The minimum atomic E-state index is -2.60. The van der Waals surface area contributed by atoms with E-state index >= 15 is 0 Å². The zero-order valence-electron chi connectivity index (χ0n) is 18.0. The van der Waals surface area contributed by atoms with Crippen LogP contribution in [-0.2, 0) is 4.43 Å². The summed E-state index contributed by atoms with van der Waals surface area (Å²) < 4.78 is 25.0. The number of unbranched alkanes of at least 4 members (excludes halogenated alkanes) is 3. The van der Waals surface area contributed by atoms with Gasteiger partial charge in [-0.15, -0.1) is 0 Å². The fourth-order valence-corrected chi connectivity index (χ4v) is 26.2. The number of rotatable bonds is 13. The van der Waals surface area contributed by atoms with Crippen LogP contribution in [0.1, 0.15) is 69.0 Å². The Morgan fingerprint density at radius 1 is 0.846 bits per heavy atom. The van der Waals surface area contributed by atoms with Crippen molar-refractivity contribution < 1.29 is 8.82 Å². The second-order valence-corrected chi connectivity index (χ2v) is 26.8. The molecular weight excluding hydrogens is 446 g/mol. The molecule has 1 aromatic rings. The summed E-state index contributed by atoms with van der Waals surface area (Å²) >= 11 is -2.60. The molecule has 26 heavy (non-hydrogen) atoms. The molecule has 0 saturated heterocycles. The monoisotopic (exact) mass is 488 g/mol. The van der Waals surface area contributed by atoms with Crippen LogP contribution in [0, 0.1) is 5.82 Å². The van der Waals surface area contributed by atoms with Gasteiger partial charge in [0.1, 0.15) is 0 Å². The second kappa shape index (κ2) is 11.9. The first-order chi connectivity index (χ1) is 12.3. The molecule has 0 aromatic heterocycles. The van der Waals surface area contributed by atoms with Gasteiger partial charge in [0.25, 0.3) is 0 Å². The van der Waals surface area contributed by atoms with Gasteiger partial charge in [-0.3, -0.25) is 0 Å². The Morgan fingerprint density at radius 3 is 1.62 bits per heavy atom. The van der Waals surface area contributed by atoms with E-state index in [0.717, 1.165) is 0 Å². The Balaban J connectivity index is 3.36. The molecule has 0 heterocycles. The van der Waals surface area contributed by atoms with E-state index in [0.29, 0.717) is 4.12 Å². The quantitative estimate of drug-likeness (QED) is 0.256. The van der Waals surface area contributed by atoms with Gasteiger partial charge in [-0.1, -0.05) is 0 Å². The maximum absolute atomic E-state index is 13.6. The first kappa shape index (κ1) is 24.2. The van der Waals surface area contributed by atoms with Crippen LogP contribution in [0.5, 0.6) is 0 Å². The zero-order chi connectivity index (χ0) is 19.6. The van der Waals surface area contributed by atoms with Gasteiger partial charge in [0, 0.05) is 0 Å². The van der Waals surface area contributed by atoms with Crippen LogP contribution in [0.15, 0.2) is 24.3 Å². The van der Waals surface area contributed by atoms with Gasteiger partial charge < -0.3 is 0 Å². The van der Waals surface area contributed by atoms with E-state index < -0.39 is 26.7 Å². The van der Waals surface area contributed by atoms with Crippen molar-refractivity contribution in [3.63, 3.8) is 0 Å². The van der Waals surface area contributed by atoms with Gasteiger partial charge in [-0.2, -0.15) is 0 Å². The van der Waals surface area contributed by atoms with E-state index in [4.69, 9.17) is 4.43 Å². The van der Waals surface area contributed by atoms with E-state index in [2.05, 4.69) is 40.4 Å². The molecule has 0 saturated carbocycles. The van der Waals surface area contributed by atoms with Crippen molar-refractivity contribution in [2.45, 2.75) is 96.4 Å². The molecule has 0 bridgehead atoms. The SMILES string of the molecule is CCC[CH2][Sn]([CH2]CCC)([CH2]CCC)[CH](O[Si](C)(C)C)c1ccc(F)cc1. The number of halogens is 1. The fourth-order valence-electron chi connectivity index (χ4n) is 3.89. The molecule has 0 aliphatic heterocycles. The van der Waals surface area contributed by atoms with Crippen LogP contribution >= 0.6 is 0 Å². The Bertz CT molecular complexity index is 476. The van der Waals surface area contributed by atoms with Crippen molar-refractivity contribution in [1.29, 1.82) is 0 Å². The summed E-state index contributed by atoms with van der Waals surface area (Å²) in [7, 11) is -1.69. The van der Waals surface area contributed by atoms with Crippen LogP contribution < -0.4 is 0 Å². The summed E-state index contributed by atoms with van der Waals surface area (Å²) in [6.07, 6.45) is 7.78. The average Bonchev–Trinajstić information content (AvgIpc) is 2.60. The van der Waals surface area contributed by atoms with Crippen LogP contribution in [0.4, 0.5) is 4.39 Å². The molecule has 1 atom stereocenters. The van der Waals surface area contributed by atoms with Crippen molar-refractivity contribution in [2.75, 3.05) is 0 Å². The van der Waals surface area contributed by atoms with E-state index in [1.807, 2.05) is 12.1 Å². The molecule has 0 spiro atoms. The first-order valence-corrected chi connectivity index (χ1v) is 21.8. The zero-order valence-corrected chi connectivity index (χ0v) is 21.9. The number of hydrogen-bond acceptors (Lipinski definition) is 1. The molecule has 4 heteroatoms. The summed E-state index contributed by atoms with van der Waals surface area (Å²) in [5.74, 6) is -0.142. The maximum atomic E-state index is 13.6. The minimum absolute atomic E-state index is 0.142. The summed E-state index contributed by atoms with van der Waals surface area (Å²) in [4.78, 5) is 0. The normalized spacial score (nSPS) is 13.8. The molecule has 0 fully saturated rings. The molecule has 1 rings (SSSR count). The van der Waals surface area contributed by atoms with Gasteiger partial charge in [-0.05, 0) is 0 Å². The summed E-state index contributed by atoms with van der Waals surface area (Å²) in [5, 5.41) is 0. The third-order valence-electron chi connectivity index (χ3n) is 5.29.